The van der Waals surface area contributed by atoms with E-state index in [1.165, 1.54) is 16.7 Å². The van der Waals surface area contributed by atoms with Gasteiger partial charge < -0.3 is 10.0 Å². The van der Waals surface area contributed by atoms with Gasteiger partial charge in [0.25, 0.3) is 5.91 Å². The standard InChI is InChI=1S/C23H19N3O3/c1-25(2)16-13-11-15(12-14-16)21-24-19-9-5-6-10-20(19)26(21)22(27)17-7-3-4-8-18(17)23(28)29/h3-14H,1-2H3,(H,28,29). The molecule has 0 saturated heterocycles. The molecule has 0 unspecified atom stereocenters. The lowest BCUT2D eigenvalue weighted by atomic mass is 10.1. The minimum Gasteiger partial charge on any atom is -0.478 e. The Kier molecular flexibility index (Phi) is 4.60. The van der Waals surface area contributed by atoms with Crippen LogP contribution >= 0.6 is 0 Å². The van der Waals surface area contributed by atoms with Gasteiger partial charge in [-0.1, -0.05) is 24.3 Å². The molecular weight excluding hydrogens is 366 g/mol. The predicted molar refractivity (Wildman–Crippen MR) is 113 cm³/mol. The Morgan fingerprint density at radius 2 is 1.48 bits per heavy atom. The second-order valence-electron chi connectivity index (χ2n) is 6.86. The van der Waals surface area contributed by atoms with E-state index in [4.69, 9.17) is 0 Å². The van der Waals surface area contributed by atoms with Crippen molar-refractivity contribution in [2.24, 2.45) is 0 Å². The van der Waals surface area contributed by atoms with E-state index >= 15 is 0 Å². The molecule has 0 aliphatic rings. The van der Waals surface area contributed by atoms with Gasteiger partial charge in [0.15, 0.2) is 0 Å². The molecule has 1 N–H and O–H groups in total. The lowest BCUT2D eigenvalue weighted by Crippen LogP contribution is -2.17. The molecule has 4 rings (SSSR count). The van der Waals surface area contributed by atoms with Crippen molar-refractivity contribution in [2.45, 2.75) is 0 Å². The molecule has 0 amide bonds. The minimum atomic E-state index is -1.14. The maximum atomic E-state index is 13.5. The SMILES string of the molecule is CN(C)c1ccc(-c2nc3ccccc3n2C(=O)c2ccccc2C(=O)O)cc1. The third-order valence-electron chi connectivity index (χ3n) is 4.79. The van der Waals surface area contributed by atoms with Gasteiger partial charge in [-0.2, -0.15) is 0 Å². The largest absolute Gasteiger partial charge is 0.478 e. The Bertz CT molecular complexity index is 1220. The van der Waals surface area contributed by atoms with Gasteiger partial charge in [-0.25, -0.2) is 9.78 Å². The van der Waals surface area contributed by atoms with Crippen LogP contribution in [0.25, 0.3) is 22.4 Å². The average Bonchev–Trinajstić information content (AvgIpc) is 3.12. The molecule has 0 fully saturated rings. The van der Waals surface area contributed by atoms with Crippen molar-refractivity contribution in [3.63, 3.8) is 0 Å². The summed E-state index contributed by atoms with van der Waals surface area (Å²) in [5.41, 5.74) is 3.18. The maximum Gasteiger partial charge on any atom is 0.336 e. The summed E-state index contributed by atoms with van der Waals surface area (Å²) >= 11 is 0. The number of aromatic nitrogens is 2. The van der Waals surface area contributed by atoms with Gasteiger partial charge in [0.05, 0.1) is 22.2 Å². The first kappa shape index (κ1) is 18.4. The molecule has 0 aliphatic carbocycles. The topological polar surface area (TPSA) is 75.4 Å². The molecule has 4 aromatic rings. The molecule has 0 saturated carbocycles. The van der Waals surface area contributed by atoms with E-state index in [0.717, 1.165) is 11.3 Å². The smallest absolute Gasteiger partial charge is 0.336 e. The van der Waals surface area contributed by atoms with E-state index in [-0.39, 0.29) is 11.1 Å². The lowest BCUT2D eigenvalue weighted by Gasteiger charge is -2.13. The zero-order valence-electron chi connectivity index (χ0n) is 16.0. The van der Waals surface area contributed by atoms with Crippen molar-refractivity contribution in [1.29, 1.82) is 0 Å². The number of hydrogen-bond acceptors (Lipinski definition) is 4. The summed E-state index contributed by atoms with van der Waals surface area (Å²) in [5, 5.41) is 9.51. The fourth-order valence-corrected chi connectivity index (χ4v) is 3.31. The van der Waals surface area contributed by atoms with Gasteiger partial charge >= 0.3 is 5.97 Å². The number of carbonyl (C=O) groups is 2. The van der Waals surface area contributed by atoms with Gasteiger partial charge in [-0.05, 0) is 48.5 Å². The summed E-state index contributed by atoms with van der Waals surface area (Å²) < 4.78 is 1.49. The van der Waals surface area contributed by atoms with Crippen LogP contribution in [0.4, 0.5) is 5.69 Å². The molecule has 1 heterocycles. The number of nitrogens with zero attached hydrogens (tertiary/aromatic N) is 3. The van der Waals surface area contributed by atoms with Gasteiger partial charge in [0.1, 0.15) is 5.82 Å². The van der Waals surface area contributed by atoms with Crippen LogP contribution in [-0.2, 0) is 0 Å². The van der Waals surface area contributed by atoms with Crippen LogP contribution in [0.15, 0.2) is 72.8 Å². The van der Waals surface area contributed by atoms with Crippen LogP contribution in [0.1, 0.15) is 20.7 Å². The fraction of sp³-hybridized carbons (Fsp3) is 0.0870. The molecule has 1 aromatic heterocycles. The summed E-state index contributed by atoms with van der Waals surface area (Å²) in [6, 6.07) is 21.3. The van der Waals surface area contributed by atoms with Crippen LogP contribution in [0.2, 0.25) is 0 Å². The fourth-order valence-electron chi connectivity index (χ4n) is 3.31. The number of fused-ring (bicyclic) bond motifs is 1. The van der Waals surface area contributed by atoms with Gasteiger partial charge in [-0.15, -0.1) is 0 Å². The molecule has 0 bridgehead atoms. The molecular formula is C23H19N3O3. The van der Waals surface area contributed by atoms with E-state index in [1.807, 2.05) is 61.5 Å². The Hall–Kier alpha value is -3.93. The Morgan fingerprint density at radius 3 is 2.14 bits per heavy atom. The van der Waals surface area contributed by atoms with E-state index in [2.05, 4.69) is 4.98 Å². The van der Waals surface area contributed by atoms with Crippen molar-refractivity contribution in [3.05, 3.63) is 83.9 Å². The minimum absolute atomic E-state index is 0.0378. The average molecular weight is 385 g/mol. The Labute approximate surface area is 167 Å². The van der Waals surface area contributed by atoms with Gasteiger partial charge in [0.2, 0.25) is 0 Å². The lowest BCUT2D eigenvalue weighted by molar-refractivity contribution is 0.0691. The molecule has 144 valence electrons. The van der Waals surface area contributed by atoms with E-state index in [1.54, 1.807) is 18.2 Å². The van der Waals surface area contributed by atoms with Crippen molar-refractivity contribution in [3.8, 4) is 11.4 Å². The maximum absolute atomic E-state index is 13.5. The number of carboxylic acid groups (broad SMARTS) is 1. The molecule has 6 nitrogen and oxygen atoms in total. The van der Waals surface area contributed by atoms with Crippen molar-refractivity contribution in [1.82, 2.24) is 9.55 Å². The highest BCUT2D eigenvalue weighted by Crippen LogP contribution is 2.28. The number of rotatable bonds is 4. The van der Waals surface area contributed by atoms with Crippen LogP contribution in [0.3, 0.4) is 0 Å². The van der Waals surface area contributed by atoms with E-state index in [0.29, 0.717) is 16.9 Å². The zero-order chi connectivity index (χ0) is 20.5. The zero-order valence-corrected chi connectivity index (χ0v) is 16.0. The summed E-state index contributed by atoms with van der Waals surface area (Å²) in [6.07, 6.45) is 0. The molecule has 0 radical (unpaired) electrons. The van der Waals surface area contributed by atoms with Crippen molar-refractivity contribution < 1.29 is 14.7 Å². The monoisotopic (exact) mass is 385 g/mol. The third-order valence-corrected chi connectivity index (χ3v) is 4.79. The summed E-state index contributed by atoms with van der Waals surface area (Å²) in [7, 11) is 3.91. The Morgan fingerprint density at radius 1 is 0.862 bits per heavy atom. The molecule has 6 heteroatoms. The molecule has 29 heavy (non-hydrogen) atoms. The molecule has 0 aliphatic heterocycles. The highest BCUT2D eigenvalue weighted by molar-refractivity contribution is 6.09. The number of benzene rings is 3. The van der Waals surface area contributed by atoms with Gasteiger partial charge in [-0.3, -0.25) is 9.36 Å². The molecule has 0 spiro atoms. The van der Waals surface area contributed by atoms with E-state index < -0.39 is 11.9 Å². The summed E-state index contributed by atoms with van der Waals surface area (Å²) in [4.78, 5) is 31.7. The predicted octanol–water partition coefficient (Wildman–Crippen LogP) is 4.16. The normalized spacial score (nSPS) is 10.8. The number of imidazole rings is 1. The van der Waals surface area contributed by atoms with Crippen molar-refractivity contribution >= 4 is 28.6 Å². The highest BCUT2D eigenvalue weighted by Gasteiger charge is 2.23. The summed E-state index contributed by atoms with van der Waals surface area (Å²) in [5.74, 6) is -1.10. The summed E-state index contributed by atoms with van der Waals surface area (Å²) in [6.45, 7) is 0. The molecule has 3 aromatic carbocycles. The second kappa shape index (κ2) is 7.24. The third kappa shape index (κ3) is 3.25. The van der Waals surface area contributed by atoms with Crippen LogP contribution in [0.5, 0.6) is 0 Å². The van der Waals surface area contributed by atoms with Gasteiger partial charge in [0, 0.05) is 25.3 Å². The van der Waals surface area contributed by atoms with Crippen LogP contribution in [-0.4, -0.2) is 40.6 Å². The highest BCUT2D eigenvalue weighted by atomic mass is 16.4. The Balaban J connectivity index is 1.93. The number of carboxylic acids is 1. The van der Waals surface area contributed by atoms with Crippen LogP contribution < -0.4 is 4.90 Å². The first-order valence-corrected chi connectivity index (χ1v) is 9.09. The number of para-hydroxylation sites is 2. The number of carbonyl (C=O) groups excluding carboxylic acids is 1. The van der Waals surface area contributed by atoms with Crippen LogP contribution in [0, 0.1) is 0 Å². The quantitative estimate of drug-likeness (QED) is 0.571. The second-order valence-corrected chi connectivity index (χ2v) is 6.86. The van der Waals surface area contributed by atoms with E-state index in [9.17, 15) is 14.7 Å². The number of anilines is 1. The first-order chi connectivity index (χ1) is 14.0. The molecule has 0 atom stereocenters. The van der Waals surface area contributed by atoms with Crippen molar-refractivity contribution in [2.75, 3.05) is 19.0 Å². The first-order valence-electron chi connectivity index (χ1n) is 9.09. The number of aromatic carboxylic acids is 1. The number of hydrogen-bond donors (Lipinski definition) is 1.